The monoisotopic (exact) mass is 481 g/mol. The molecule has 0 radical (unpaired) electrons. The van der Waals surface area contributed by atoms with E-state index < -0.39 is 0 Å². The van der Waals surface area contributed by atoms with Gasteiger partial charge in [-0.05, 0) is 59.1 Å². The molecule has 2 heterocycles. The van der Waals surface area contributed by atoms with E-state index in [0.717, 1.165) is 4.47 Å². The zero-order valence-electron chi connectivity index (χ0n) is 13.8. The van der Waals surface area contributed by atoms with Crippen LogP contribution in [0.25, 0.3) is 0 Å². The molecule has 0 unspecified atom stereocenters. The van der Waals surface area contributed by atoms with Gasteiger partial charge >= 0.3 is 0 Å². The summed E-state index contributed by atoms with van der Waals surface area (Å²) in [5.41, 5.74) is 0.273. The van der Waals surface area contributed by atoms with Crippen molar-refractivity contribution in [3.05, 3.63) is 51.0 Å². The maximum absolute atomic E-state index is 12.6. The summed E-state index contributed by atoms with van der Waals surface area (Å²) in [5.74, 6) is -0.00750. The Kier molecular flexibility index (Phi) is 5.93. The number of halogens is 2. The van der Waals surface area contributed by atoms with Gasteiger partial charge in [-0.25, -0.2) is 4.98 Å². The highest BCUT2D eigenvalue weighted by atomic mass is 79.9. The van der Waals surface area contributed by atoms with Crippen LogP contribution in [-0.4, -0.2) is 39.9 Å². The Hall–Kier alpha value is -1.93. The molecule has 1 saturated heterocycles. The number of phenolic OH excluding ortho intramolecular Hbond substituents is 1. The first-order valence-corrected chi connectivity index (χ1v) is 9.73. The van der Waals surface area contributed by atoms with Crippen molar-refractivity contribution in [3.8, 4) is 5.75 Å². The minimum atomic E-state index is -0.219. The lowest BCUT2D eigenvalue weighted by molar-refractivity contribution is -0.121. The minimum absolute atomic E-state index is 0.0504. The molecule has 0 aliphatic carbocycles. The van der Waals surface area contributed by atoms with Gasteiger partial charge in [0, 0.05) is 34.1 Å². The molecule has 1 aliphatic heterocycles. The van der Waals surface area contributed by atoms with Crippen LogP contribution in [0.2, 0.25) is 0 Å². The van der Waals surface area contributed by atoms with E-state index in [0.29, 0.717) is 36.2 Å². The third-order valence-electron chi connectivity index (χ3n) is 4.32. The zero-order chi connectivity index (χ0) is 18.7. The van der Waals surface area contributed by atoms with Crippen LogP contribution in [-0.2, 0) is 4.79 Å². The topological polar surface area (TPSA) is 82.5 Å². The average molecular weight is 483 g/mol. The molecule has 2 N–H and O–H groups in total. The van der Waals surface area contributed by atoms with Crippen LogP contribution in [0.15, 0.2) is 45.5 Å². The number of nitrogens with one attached hydrogen (secondary N) is 1. The maximum Gasteiger partial charge on any atom is 0.257 e. The fourth-order valence-corrected chi connectivity index (χ4v) is 3.46. The van der Waals surface area contributed by atoms with Gasteiger partial charge in [0.05, 0.1) is 5.56 Å². The molecule has 0 bridgehead atoms. The summed E-state index contributed by atoms with van der Waals surface area (Å²) in [5, 5.41) is 12.8. The van der Waals surface area contributed by atoms with Gasteiger partial charge in [0.25, 0.3) is 5.91 Å². The number of rotatable bonds is 3. The predicted octanol–water partition coefficient (Wildman–Crippen LogP) is 3.80. The van der Waals surface area contributed by atoms with E-state index in [9.17, 15) is 14.7 Å². The molecule has 0 saturated carbocycles. The molecule has 1 aromatic heterocycles. The van der Waals surface area contributed by atoms with E-state index in [1.165, 1.54) is 6.07 Å². The van der Waals surface area contributed by atoms with E-state index in [1.807, 2.05) is 6.07 Å². The smallest absolute Gasteiger partial charge is 0.257 e. The van der Waals surface area contributed by atoms with Crippen molar-refractivity contribution >= 4 is 49.5 Å². The number of nitrogens with zero attached hydrogens (tertiary/aromatic N) is 2. The molecule has 26 heavy (non-hydrogen) atoms. The minimum Gasteiger partial charge on any atom is -0.507 e. The summed E-state index contributed by atoms with van der Waals surface area (Å²) in [6, 6.07) is 8.36. The van der Waals surface area contributed by atoms with Gasteiger partial charge in [0.2, 0.25) is 5.91 Å². The molecule has 136 valence electrons. The van der Waals surface area contributed by atoms with Crippen LogP contribution in [0.1, 0.15) is 23.2 Å². The van der Waals surface area contributed by atoms with E-state index in [4.69, 9.17) is 0 Å². The molecule has 2 aromatic rings. The number of carbonyl (C=O) groups is 2. The number of pyridine rings is 1. The number of hydrogen-bond acceptors (Lipinski definition) is 4. The number of carbonyl (C=O) groups excluding carboxylic acids is 2. The first-order chi connectivity index (χ1) is 12.4. The highest BCUT2D eigenvalue weighted by Gasteiger charge is 2.29. The van der Waals surface area contributed by atoms with E-state index in [2.05, 4.69) is 42.2 Å². The maximum atomic E-state index is 12.6. The lowest BCUT2D eigenvalue weighted by Gasteiger charge is -2.31. The summed E-state index contributed by atoms with van der Waals surface area (Å²) < 4.78 is 1.56. The second-order valence-electron chi connectivity index (χ2n) is 6.08. The number of aromatic nitrogens is 1. The third-order valence-corrected chi connectivity index (χ3v) is 5.28. The molecule has 2 amide bonds. The van der Waals surface area contributed by atoms with Gasteiger partial charge in [0.15, 0.2) is 0 Å². The largest absolute Gasteiger partial charge is 0.507 e. The molecule has 1 aliphatic rings. The number of benzene rings is 1. The first-order valence-electron chi connectivity index (χ1n) is 8.14. The lowest BCUT2D eigenvalue weighted by Crippen LogP contribution is -2.41. The summed E-state index contributed by atoms with van der Waals surface area (Å²) >= 11 is 6.56. The van der Waals surface area contributed by atoms with Gasteiger partial charge in [-0.15, -0.1) is 0 Å². The SMILES string of the molecule is O=C(Nc1ccc(Br)cn1)C1CCN(C(=O)c2ccc(Br)cc2O)CC1. The van der Waals surface area contributed by atoms with Crippen molar-refractivity contribution in [1.82, 2.24) is 9.88 Å². The molecule has 8 heteroatoms. The summed E-state index contributed by atoms with van der Waals surface area (Å²) in [6.07, 6.45) is 2.78. The Morgan fingerprint density at radius 1 is 1.12 bits per heavy atom. The summed E-state index contributed by atoms with van der Waals surface area (Å²) in [6.45, 7) is 0.945. The van der Waals surface area contributed by atoms with Crippen LogP contribution >= 0.6 is 31.9 Å². The van der Waals surface area contributed by atoms with Crippen molar-refractivity contribution in [2.24, 2.45) is 5.92 Å². The quantitative estimate of drug-likeness (QED) is 0.696. The predicted molar refractivity (Wildman–Crippen MR) is 105 cm³/mol. The van der Waals surface area contributed by atoms with Gasteiger partial charge in [-0.2, -0.15) is 0 Å². The number of anilines is 1. The summed E-state index contributed by atoms with van der Waals surface area (Å²) in [4.78, 5) is 30.8. The number of likely N-dealkylation sites (tertiary alicyclic amines) is 1. The second-order valence-corrected chi connectivity index (χ2v) is 7.91. The standard InChI is InChI=1S/C18H17Br2N3O3/c19-12-1-3-14(15(24)9-12)18(26)23-7-5-11(6-8-23)17(25)22-16-4-2-13(20)10-21-16/h1-4,9-11,24H,5-8H2,(H,21,22,25). The van der Waals surface area contributed by atoms with E-state index >= 15 is 0 Å². The Morgan fingerprint density at radius 2 is 1.81 bits per heavy atom. The Labute approximate surface area is 167 Å². The zero-order valence-corrected chi connectivity index (χ0v) is 17.0. The van der Waals surface area contributed by atoms with Crippen LogP contribution in [0.4, 0.5) is 5.82 Å². The van der Waals surface area contributed by atoms with Crippen molar-refractivity contribution in [1.29, 1.82) is 0 Å². The number of aromatic hydroxyl groups is 1. The average Bonchev–Trinajstić information content (AvgIpc) is 2.63. The van der Waals surface area contributed by atoms with E-state index in [1.54, 1.807) is 29.3 Å². The Morgan fingerprint density at radius 3 is 2.42 bits per heavy atom. The molecule has 6 nitrogen and oxygen atoms in total. The molecule has 0 atom stereocenters. The number of amides is 2. The van der Waals surface area contributed by atoms with E-state index in [-0.39, 0.29) is 29.0 Å². The number of phenols is 1. The van der Waals surface area contributed by atoms with Crippen LogP contribution in [0.5, 0.6) is 5.75 Å². The molecular formula is C18H17Br2N3O3. The summed E-state index contributed by atoms with van der Waals surface area (Å²) in [7, 11) is 0. The Balaban J connectivity index is 1.57. The Bertz CT molecular complexity index is 819. The van der Waals surface area contributed by atoms with Gasteiger partial charge < -0.3 is 15.3 Å². The first kappa shape index (κ1) is 18.8. The van der Waals surface area contributed by atoms with Crippen molar-refractivity contribution in [3.63, 3.8) is 0 Å². The highest BCUT2D eigenvalue weighted by Crippen LogP contribution is 2.26. The fraction of sp³-hybridized carbons (Fsp3) is 0.278. The normalized spacial score (nSPS) is 14.9. The van der Waals surface area contributed by atoms with Crippen LogP contribution in [0.3, 0.4) is 0 Å². The lowest BCUT2D eigenvalue weighted by atomic mass is 9.95. The second kappa shape index (κ2) is 8.18. The van der Waals surface area contributed by atoms with Gasteiger partial charge in [0.1, 0.15) is 11.6 Å². The van der Waals surface area contributed by atoms with Crippen molar-refractivity contribution in [2.45, 2.75) is 12.8 Å². The molecular weight excluding hydrogens is 466 g/mol. The highest BCUT2D eigenvalue weighted by molar-refractivity contribution is 9.10. The van der Waals surface area contributed by atoms with Gasteiger partial charge in [-0.3, -0.25) is 9.59 Å². The molecule has 0 spiro atoms. The fourth-order valence-electron chi connectivity index (χ4n) is 2.88. The molecule has 3 rings (SSSR count). The number of piperidine rings is 1. The molecule has 1 aromatic carbocycles. The third kappa shape index (κ3) is 4.42. The van der Waals surface area contributed by atoms with Crippen LogP contribution in [0, 0.1) is 5.92 Å². The van der Waals surface area contributed by atoms with Crippen molar-refractivity contribution < 1.29 is 14.7 Å². The number of hydrogen-bond donors (Lipinski definition) is 2. The molecule has 1 fully saturated rings. The van der Waals surface area contributed by atoms with Crippen LogP contribution < -0.4 is 5.32 Å². The van der Waals surface area contributed by atoms with Crippen molar-refractivity contribution in [2.75, 3.05) is 18.4 Å². The van der Waals surface area contributed by atoms with Gasteiger partial charge in [-0.1, -0.05) is 15.9 Å².